The molecule has 2 aromatic heterocycles. The minimum atomic E-state index is 0.00681. The molecule has 1 aliphatic carbocycles. The monoisotopic (exact) mass is 407 g/mol. The lowest BCUT2D eigenvalue weighted by Crippen LogP contribution is -2.56. The maximum absolute atomic E-state index is 12.5. The maximum atomic E-state index is 12.5. The summed E-state index contributed by atoms with van der Waals surface area (Å²) in [7, 11) is 2.32. The third-order valence-corrected chi connectivity index (χ3v) is 7.65. The van der Waals surface area contributed by atoms with Crippen LogP contribution >= 0.6 is 0 Å². The fourth-order valence-electron chi connectivity index (χ4n) is 5.94. The molecule has 6 heteroatoms. The lowest BCUT2D eigenvalue weighted by Gasteiger charge is -2.48. The van der Waals surface area contributed by atoms with Crippen molar-refractivity contribution in [2.75, 3.05) is 7.05 Å². The molecule has 5 rings (SSSR count). The van der Waals surface area contributed by atoms with Gasteiger partial charge in [0.05, 0.1) is 11.7 Å². The SMILES string of the molecule is CN1C2CCCC1CC(NC1CCC(n3nc(-c4ccncc4)ccc3=O)CC1)C2. The molecule has 2 unspecified atom stereocenters. The molecule has 2 bridgehead atoms. The molecule has 4 heterocycles. The molecule has 2 aromatic rings. The van der Waals surface area contributed by atoms with Crippen molar-refractivity contribution in [3.05, 3.63) is 47.0 Å². The molecule has 2 saturated heterocycles. The van der Waals surface area contributed by atoms with Crippen molar-refractivity contribution in [1.29, 1.82) is 0 Å². The molecule has 30 heavy (non-hydrogen) atoms. The molecule has 0 aromatic carbocycles. The summed E-state index contributed by atoms with van der Waals surface area (Å²) in [5.41, 5.74) is 1.85. The predicted octanol–water partition coefficient (Wildman–Crippen LogP) is 3.39. The van der Waals surface area contributed by atoms with Crippen LogP contribution in [-0.4, -0.2) is 50.9 Å². The highest BCUT2D eigenvalue weighted by atomic mass is 16.1. The van der Waals surface area contributed by atoms with Crippen LogP contribution in [0.3, 0.4) is 0 Å². The summed E-state index contributed by atoms with van der Waals surface area (Å²) in [5, 5.41) is 8.69. The van der Waals surface area contributed by atoms with Gasteiger partial charge in [0.15, 0.2) is 0 Å². The first-order chi connectivity index (χ1) is 14.7. The number of nitrogens with zero attached hydrogens (tertiary/aromatic N) is 4. The topological polar surface area (TPSA) is 63.1 Å². The Bertz CT molecular complexity index is 891. The van der Waals surface area contributed by atoms with Gasteiger partial charge in [-0.3, -0.25) is 9.78 Å². The van der Waals surface area contributed by atoms with Crippen molar-refractivity contribution in [2.45, 2.75) is 88.0 Å². The second-order valence-corrected chi connectivity index (χ2v) is 9.48. The third-order valence-electron chi connectivity index (χ3n) is 7.65. The summed E-state index contributed by atoms with van der Waals surface area (Å²) in [6, 6.07) is 10.3. The molecule has 0 amide bonds. The molecule has 2 atom stereocenters. The number of aromatic nitrogens is 3. The Morgan fingerprint density at radius 3 is 2.27 bits per heavy atom. The van der Waals surface area contributed by atoms with Crippen LogP contribution in [-0.2, 0) is 0 Å². The Morgan fingerprint density at radius 1 is 0.867 bits per heavy atom. The average Bonchev–Trinajstić information content (AvgIpc) is 2.76. The van der Waals surface area contributed by atoms with Gasteiger partial charge in [-0.05, 0) is 76.6 Å². The van der Waals surface area contributed by atoms with Crippen LogP contribution in [0.15, 0.2) is 41.5 Å². The van der Waals surface area contributed by atoms with E-state index < -0.39 is 0 Å². The smallest absolute Gasteiger partial charge is 0.267 e. The van der Waals surface area contributed by atoms with Gasteiger partial charge in [-0.15, -0.1) is 0 Å². The molecule has 0 spiro atoms. The van der Waals surface area contributed by atoms with Gasteiger partial charge < -0.3 is 10.2 Å². The molecule has 3 fully saturated rings. The highest BCUT2D eigenvalue weighted by Crippen LogP contribution is 2.34. The lowest BCUT2D eigenvalue weighted by molar-refractivity contribution is 0.0437. The molecular weight excluding hydrogens is 374 g/mol. The highest BCUT2D eigenvalue weighted by molar-refractivity contribution is 5.57. The number of piperidine rings is 2. The maximum Gasteiger partial charge on any atom is 0.267 e. The van der Waals surface area contributed by atoms with Gasteiger partial charge in [0, 0.05) is 48.2 Å². The van der Waals surface area contributed by atoms with Gasteiger partial charge in [-0.1, -0.05) is 6.42 Å². The second kappa shape index (κ2) is 8.60. The van der Waals surface area contributed by atoms with Crippen LogP contribution in [0, 0.1) is 0 Å². The minimum Gasteiger partial charge on any atom is -0.311 e. The zero-order valence-electron chi connectivity index (χ0n) is 17.9. The molecule has 2 aliphatic heterocycles. The second-order valence-electron chi connectivity index (χ2n) is 9.48. The van der Waals surface area contributed by atoms with Gasteiger partial charge in [0.1, 0.15) is 0 Å². The van der Waals surface area contributed by atoms with Crippen molar-refractivity contribution in [3.8, 4) is 11.3 Å². The van der Waals surface area contributed by atoms with Crippen molar-refractivity contribution in [1.82, 2.24) is 25.0 Å². The van der Waals surface area contributed by atoms with Crippen LogP contribution < -0.4 is 10.9 Å². The number of hydrogen-bond acceptors (Lipinski definition) is 5. The van der Waals surface area contributed by atoms with E-state index >= 15 is 0 Å². The zero-order chi connectivity index (χ0) is 20.5. The van der Waals surface area contributed by atoms with E-state index in [4.69, 9.17) is 5.10 Å². The fraction of sp³-hybridized carbons (Fsp3) is 0.625. The molecule has 3 aliphatic rings. The molecular formula is C24H33N5O. The van der Waals surface area contributed by atoms with Gasteiger partial charge in [0.2, 0.25) is 0 Å². The van der Waals surface area contributed by atoms with Gasteiger partial charge in [0.25, 0.3) is 5.56 Å². The molecule has 6 nitrogen and oxygen atoms in total. The summed E-state index contributed by atoms with van der Waals surface area (Å²) in [6.07, 6.45) is 14.5. The quantitative estimate of drug-likeness (QED) is 0.842. The van der Waals surface area contributed by atoms with E-state index in [-0.39, 0.29) is 11.6 Å². The Kier molecular flexibility index (Phi) is 5.70. The number of rotatable bonds is 4. The van der Waals surface area contributed by atoms with E-state index in [9.17, 15) is 4.79 Å². The van der Waals surface area contributed by atoms with Crippen LogP contribution in [0.25, 0.3) is 11.3 Å². The molecule has 0 radical (unpaired) electrons. The predicted molar refractivity (Wildman–Crippen MR) is 118 cm³/mol. The van der Waals surface area contributed by atoms with E-state index in [1.807, 2.05) is 18.2 Å². The highest BCUT2D eigenvalue weighted by Gasteiger charge is 2.37. The van der Waals surface area contributed by atoms with Crippen molar-refractivity contribution >= 4 is 0 Å². The van der Waals surface area contributed by atoms with E-state index in [1.165, 1.54) is 32.1 Å². The number of pyridine rings is 1. The summed E-state index contributed by atoms with van der Waals surface area (Å²) >= 11 is 0. The first kappa shape index (κ1) is 19.9. The van der Waals surface area contributed by atoms with E-state index in [0.717, 1.165) is 49.0 Å². The van der Waals surface area contributed by atoms with Gasteiger partial charge in [-0.25, -0.2) is 4.68 Å². The fourth-order valence-corrected chi connectivity index (χ4v) is 5.94. The number of nitrogens with one attached hydrogen (secondary N) is 1. The average molecular weight is 408 g/mol. The van der Waals surface area contributed by atoms with Gasteiger partial charge >= 0.3 is 0 Å². The molecule has 1 N–H and O–H groups in total. The molecule has 160 valence electrons. The van der Waals surface area contributed by atoms with Crippen molar-refractivity contribution in [3.63, 3.8) is 0 Å². The Hall–Kier alpha value is -2.05. The standard InChI is InChI=1S/C24H33N5O/c1-28-21-3-2-4-22(28)16-19(15-21)26-18-5-7-20(8-6-18)29-24(30)10-9-23(27-29)17-11-13-25-14-12-17/h9-14,18-22,26H,2-8,15-16H2,1H3. The lowest BCUT2D eigenvalue weighted by atomic mass is 9.81. The summed E-state index contributed by atoms with van der Waals surface area (Å²) < 4.78 is 1.73. The van der Waals surface area contributed by atoms with E-state index in [2.05, 4.69) is 22.2 Å². The largest absolute Gasteiger partial charge is 0.311 e. The number of hydrogen-bond donors (Lipinski definition) is 1. The van der Waals surface area contributed by atoms with Crippen LogP contribution in [0.1, 0.15) is 63.8 Å². The summed E-state index contributed by atoms with van der Waals surface area (Å²) in [5.74, 6) is 0. The van der Waals surface area contributed by atoms with Crippen LogP contribution in [0.4, 0.5) is 0 Å². The van der Waals surface area contributed by atoms with Crippen LogP contribution in [0.5, 0.6) is 0 Å². The van der Waals surface area contributed by atoms with Crippen molar-refractivity contribution in [2.24, 2.45) is 0 Å². The summed E-state index contributed by atoms with van der Waals surface area (Å²) in [4.78, 5) is 19.2. The number of fused-ring (bicyclic) bond motifs is 2. The zero-order valence-corrected chi connectivity index (χ0v) is 17.9. The first-order valence-electron chi connectivity index (χ1n) is 11.7. The summed E-state index contributed by atoms with van der Waals surface area (Å²) in [6.45, 7) is 0. The van der Waals surface area contributed by atoms with Crippen molar-refractivity contribution < 1.29 is 0 Å². The van der Waals surface area contributed by atoms with Gasteiger partial charge in [-0.2, -0.15) is 5.10 Å². The minimum absolute atomic E-state index is 0.00681. The first-order valence-corrected chi connectivity index (χ1v) is 11.7. The van der Waals surface area contributed by atoms with E-state index in [1.54, 1.807) is 23.1 Å². The Balaban J connectivity index is 1.21. The normalized spacial score (nSPS) is 32.1. The van der Waals surface area contributed by atoms with Crippen LogP contribution in [0.2, 0.25) is 0 Å². The Labute approximate surface area is 178 Å². The third kappa shape index (κ3) is 4.08. The van der Waals surface area contributed by atoms with E-state index in [0.29, 0.717) is 12.1 Å². The molecule has 1 saturated carbocycles. The Morgan fingerprint density at radius 2 is 1.57 bits per heavy atom.